The highest BCUT2D eigenvalue weighted by molar-refractivity contribution is 14.0. The number of aromatic nitrogens is 2. The molecule has 168 valence electrons. The average molecular weight is 562 g/mol. The molecule has 0 unspecified atom stereocenters. The van der Waals surface area contributed by atoms with Crippen molar-refractivity contribution in [3.05, 3.63) is 57.4 Å². The van der Waals surface area contributed by atoms with Gasteiger partial charge in [0.1, 0.15) is 12.4 Å². The second-order valence-corrected chi connectivity index (χ2v) is 7.25. The molecule has 1 aromatic heterocycles. The molecule has 0 spiro atoms. The second kappa shape index (κ2) is 11.8. The van der Waals surface area contributed by atoms with Gasteiger partial charge in [0.15, 0.2) is 5.96 Å². The molecule has 1 amide bonds. The number of piperazine rings is 1. The van der Waals surface area contributed by atoms with E-state index in [2.05, 4.69) is 15.4 Å². The van der Waals surface area contributed by atoms with Crippen LogP contribution in [-0.4, -0.2) is 69.1 Å². The van der Waals surface area contributed by atoms with Gasteiger partial charge in [-0.15, -0.1) is 24.0 Å². The first kappa shape index (κ1) is 24.9. The van der Waals surface area contributed by atoms with Gasteiger partial charge < -0.3 is 15.1 Å². The van der Waals surface area contributed by atoms with Gasteiger partial charge in [-0.3, -0.25) is 24.6 Å². The Bertz CT molecular complexity index is 919. The van der Waals surface area contributed by atoms with Gasteiger partial charge in [0, 0.05) is 31.2 Å². The zero-order chi connectivity index (χ0) is 21.5. The first-order valence-electron chi connectivity index (χ1n) is 9.68. The number of nitro groups is 1. The smallest absolute Gasteiger partial charge is 0.306 e. The van der Waals surface area contributed by atoms with Gasteiger partial charge in [0.05, 0.1) is 24.6 Å². The number of amides is 1. The van der Waals surface area contributed by atoms with Crippen LogP contribution in [0.2, 0.25) is 5.02 Å². The summed E-state index contributed by atoms with van der Waals surface area (Å²) < 4.78 is 1.49. The molecule has 31 heavy (non-hydrogen) atoms. The summed E-state index contributed by atoms with van der Waals surface area (Å²) in [6.07, 6.45) is 2.59. The Morgan fingerprint density at radius 3 is 2.68 bits per heavy atom. The molecular formula is C19H25ClIN7O3. The van der Waals surface area contributed by atoms with Gasteiger partial charge in [-0.25, -0.2) is 0 Å². The molecule has 0 bridgehead atoms. The zero-order valence-corrected chi connectivity index (χ0v) is 20.2. The molecule has 0 saturated carbocycles. The van der Waals surface area contributed by atoms with Crippen LogP contribution < -0.4 is 5.32 Å². The second-order valence-electron chi connectivity index (χ2n) is 6.82. The monoisotopic (exact) mass is 561 g/mol. The molecule has 2 heterocycles. The predicted molar refractivity (Wildman–Crippen MR) is 129 cm³/mol. The van der Waals surface area contributed by atoms with Crippen LogP contribution in [0.1, 0.15) is 12.5 Å². The van der Waals surface area contributed by atoms with Crippen LogP contribution in [-0.2, 0) is 17.9 Å². The van der Waals surface area contributed by atoms with E-state index in [1.807, 2.05) is 41.0 Å². The lowest BCUT2D eigenvalue weighted by Gasteiger charge is -2.36. The summed E-state index contributed by atoms with van der Waals surface area (Å²) in [5, 5.41) is 18.6. The Balaban J connectivity index is 0.00000341. The molecule has 1 fully saturated rings. The number of halogens is 2. The third-order valence-electron chi connectivity index (χ3n) is 4.66. The molecule has 0 atom stereocenters. The molecule has 1 N–H and O–H groups in total. The number of rotatable bonds is 7. The maximum Gasteiger partial charge on any atom is 0.306 e. The van der Waals surface area contributed by atoms with Crippen LogP contribution >= 0.6 is 35.6 Å². The molecule has 3 rings (SSSR count). The first-order chi connectivity index (χ1) is 14.5. The van der Waals surface area contributed by atoms with E-state index >= 15 is 0 Å². The SMILES string of the molecule is CCNC(=NCCn1cc([N+](=O)[O-])cn1)N1CCN(Cc2ccc(Cl)cc2)C(=O)C1.I. The van der Waals surface area contributed by atoms with Crippen molar-refractivity contribution in [1.29, 1.82) is 0 Å². The summed E-state index contributed by atoms with van der Waals surface area (Å²) in [5.74, 6) is 0.683. The Morgan fingerprint density at radius 1 is 1.32 bits per heavy atom. The van der Waals surface area contributed by atoms with E-state index in [1.54, 1.807) is 0 Å². The summed E-state index contributed by atoms with van der Waals surface area (Å²) in [5.41, 5.74) is 0.989. The number of carbonyl (C=O) groups excluding carboxylic acids is 1. The zero-order valence-electron chi connectivity index (χ0n) is 17.1. The summed E-state index contributed by atoms with van der Waals surface area (Å²) >= 11 is 5.92. The third-order valence-corrected chi connectivity index (χ3v) is 4.91. The van der Waals surface area contributed by atoms with Crippen molar-refractivity contribution < 1.29 is 9.72 Å². The Labute approximate surface area is 202 Å². The Morgan fingerprint density at radius 2 is 2.06 bits per heavy atom. The van der Waals surface area contributed by atoms with Crippen molar-refractivity contribution in [3.8, 4) is 0 Å². The summed E-state index contributed by atoms with van der Waals surface area (Å²) in [4.78, 5) is 31.2. The molecule has 0 aliphatic carbocycles. The maximum absolute atomic E-state index is 12.6. The summed E-state index contributed by atoms with van der Waals surface area (Å²) in [7, 11) is 0. The number of aliphatic imine (C=N–C) groups is 1. The van der Waals surface area contributed by atoms with Crippen LogP contribution in [0.4, 0.5) is 5.69 Å². The molecule has 10 nitrogen and oxygen atoms in total. The van der Waals surface area contributed by atoms with E-state index in [0.717, 1.165) is 5.56 Å². The van der Waals surface area contributed by atoms with Crippen molar-refractivity contribution in [1.82, 2.24) is 24.9 Å². The normalized spacial score (nSPS) is 14.4. The van der Waals surface area contributed by atoms with Crippen molar-refractivity contribution >= 4 is 53.1 Å². The highest BCUT2D eigenvalue weighted by Crippen LogP contribution is 2.14. The molecule has 2 aromatic rings. The number of nitrogens with one attached hydrogen (secondary N) is 1. The molecule has 0 radical (unpaired) electrons. The quantitative estimate of drug-likeness (QED) is 0.183. The van der Waals surface area contributed by atoms with Gasteiger partial charge in [-0.1, -0.05) is 23.7 Å². The Kier molecular flexibility index (Phi) is 9.49. The van der Waals surface area contributed by atoms with Gasteiger partial charge in [0.25, 0.3) is 0 Å². The molecule has 1 aromatic carbocycles. The van der Waals surface area contributed by atoms with Crippen LogP contribution in [0, 0.1) is 10.1 Å². The highest BCUT2D eigenvalue weighted by atomic mass is 127. The summed E-state index contributed by atoms with van der Waals surface area (Å²) in [6.45, 7) is 5.49. The fourth-order valence-corrected chi connectivity index (χ4v) is 3.25. The standard InChI is InChI=1S/C19H24ClN7O3.HI/c1-2-21-19(22-7-8-26-13-17(11-23-26)27(29)30)25-10-9-24(18(28)14-25)12-15-3-5-16(20)6-4-15;/h3-6,11,13H,2,7-10,12,14H2,1H3,(H,21,22);1H. The fraction of sp³-hybridized carbons (Fsp3) is 0.421. The van der Waals surface area contributed by atoms with E-state index in [9.17, 15) is 14.9 Å². The number of hydrogen-bond acceptors (Lipinski definition) is 5. The number of guanidine groups is 1. The number of carbonyl (C=O) groups is 1. The molecule has 12 heteroatoms. The predicted octanol–water partition coefficient (Wildman–Crippen LogP) is 2.37. The van der Waals surface area contributed by atoms with Crippen LogP contribution in [0.15, 0.2) is 41.7 Å². The molecule has 1 aliphatic heterocycles. The van der Waals surface area contributed by atoms with Gasteiger partial charge in [-0.05, 0) is 24.6 Å². The van der Waals surface area contributed by atoms with Crippen molar-refractivity contribution in [2.45, 2.75) is 20.0 Å². The van der Waals surface area contributed by atoms with Gasteiger partial charge in [0.2, 0.25) is 5.91 Å². The largest absolute Gasteiger partial charge is 0.357 e. The molecular weight excluding hydrogens is 537 g/mol. The third kappa shape index (κ3) is 7.06. The van der Waals surface area contributed by atoms with Gasteiger partial charge >= 0.3 is 5.69 Å². The lowest BCUT2D eigenvalue weighted by Crippen LogP contribution is -2.55. The van der Waals surface area contributed by atoms with Crippen LogP contribution in [0.3, 0.4) is 0 Å². The summed E-state index contributed by atoms with van der Waals surface area (Å²) in [6, 6.07) is 7.49. The number of hydrogen-bond donors (Lipinski definition) is 1. The van der Waals surface area contributed by atoms with Crippen molar-refractivity contribution in [2.24, 2.45) is 4.99 Å². The van der Waals surface area contributed by atoms with E-state index < -0.39 is 4.92 Å². The van der Waals surface area contributed by atoms with E-state index in [-0.39, 0.29) is 42.1 Å². The topological polar surface area (TPSA) is 109 Å². The van der Waals surface area contributed by atoms with E-state index in [4.69, 9.17) is 11.6 Å². The maximum atomic E-state index is 12.6. The van der Waals surface area contributed by atoms with Crippen molar-refractivity contribution in [2.75, 3.05) is 32.7 Å². The Hall–Kier alpha value is -2.41. The van der Waals surface area contributed by atoms with Crippen molar-refractivity contribution in [3.63, 3.8) is 0 Å². The van der Waals surface area contributed by atoms with E-state index in [0.29, 0.717) is 50.3 Å². The highest BCUT2D eigenvalue weighted by Gasteiger charge is 2.26. The minimum atomic E-state index is -0.480. The lowest BCUT2D eigenvalue weighted by atomic mass is 10.2. The number of benzene rings is 1. The molecule has 1 aliphatic rings. The fourth-order valence-electron chi connectivity index (χ4n) is 3.12. The lowest BCUT2D eigenvalue weighted by molar-refractivity contribution is -0.385. The van der Waals surface area contributed by atoms with Gasteiger partial charge in [-0.2, -0.15) is 5.10 Å². The molecule has 1 saturated heterocycles. The average Bonchev–Trinajstić information content (AvgIpc) is 3.20. The minimum absolute atomic E-state index is 0. The van der Waals surface area contributed by atoms with Crippen LogP contribution in [0.5, 0.6) is 0 Å². The first-order valence-corrected chi connectivity index (χ1v) is 10.1. The van der Waals surface area contributed by atoms with E-state index in [1.165, 1.54) is 17.1 Å². The minimum Gasteiger partial charge on any atom is -0.357 e. The number of nitrogens with zero attached hydrogens (tertiary/aromatic N) is 6. The van der Waals surface area contributed by atoms with Crippen LogP contribution in [0.25, 0.3) is 0 Å².